The van der Waals surface area contributed by atoms with Gasteiger partial charge >= 0.3 is 0 Å². The van der Waals surface area contributed by atoms with E-state index in [0.717, 1.165) is 28.5 Å². The lowest BCUT2D eigenvalue weighted by Gasteiger charge is -2.05. The number of carbonyl (C=O) groups excluding carboxylic acids is 1. The van der Waals surface area contributed by atoms with E-state index in [1.165, 1.54) is 11.3 Å². The van der Waals surface area contributed by atoms with Gasteiger partial charge in [0, 0.05) is 30.6 Å². The van der Waals surface area contributed by atoms with Gasteiger partial charge < -0.3 is 5.32 Å². The second-order valence-corrected chi connectivity index (χ2v) is 5.91. The summed E-state index contributed by atoms with van der Waals surface area (Å²) < 4.78 is 26.4. The number of nitrogens with one attached hydrogen (secondary N) is 1. The number of benzene rings is 1. The molecule has 0 unspecified atom stereocenters. The fourth-order valence-corrected chi connectivity index (χ4v) is 2.90. The van der Waals surface area contributed by atoms with Crippen LogP contribution in [-0.4, -0.2) is 22.4 Å². The maximum atomic E-state index is 13.5. The van der Waals surface area contributed by atoms with Crippen molar-refractivity contribution in [3.63, 3.8) is 0 Å². The van der Waals surface area contributed by atoms with Crippen molar-refractivity contribution in [2.75, 3.05) is 6.54 Å². The summed E-state index contributed by atoms with van der Waals surface area (Å²) in [6.45, 7) is 0.310. The maximum Gasteiger partial charge on any atom is 0.254 e. The number of hydrogen-bond acceptors (Lipinski definition) is 4. The summed E-state index contributed by atoms with van der Waals surface area (Å²) in [5.41, 5.74) is 1.40. The van der Waals surface area contributed by atoms with Crippen LogP contribution in [-0.2, 0) is 6.42 Å². The lowest BCUT2D eigenvalue weighted by Crippen LogP contribution is -2.26. The highest BCUT2D eigenvalue weighted by atomic mass is 32.1. The first-order valence-corrected chi connectivity index (χ1v) is 8.10. The van der Waals surface area contributed by atoms with Gasteiger partial charge in [0.05, 0.1) is 22.0 Å². The third kappa shape index (κ3) is 3.80. The Morgan fingerprint density at radius 3 is 2.79 bits per heavy atom. The molecule has 0 aliphatic carbocycles. The molecule has 2 heterocycles. The molecule has 1 N–H and O–H groups in total. The highest BCUT2D eigenvalue weighted by molar-refractivity contribution is 7.09. The van der Waals surface area contributed by atoms with E-state index in [-0.39, 0.29) is 5.56 Å². The second-order valence-electron chi connectivity index (χ2n) is 4.97. The largest absolute Gasteiger partial charge is 0.352 e. The molecule has 3 rings (SSSR count). The van der Waals surface area contributed by atoms with Crippen LogP contribution in [0.5, 0.6) is 0 Å². The summed E-state index contributed by atoms with van der Waals surface area (Å²) in [6, 6.07) is 8.47. The van der Waals surface area contributed by atoms with Gasteiger partial charge in [-0.05, 0) is 24.3 Å². The molecule has 0 aliphatic heterocycles. The number of pyridine rings is 1. The van der Waals surface area contributed by atoms with Crippen molar-refractivity contribution >= 4 is 17.2 Å². The Bertz CT molecular complexity index is 852. The molecule has 0 aliphatic rings. The van der Waals surface area contributed by atoms with Gasteiger partial charge in [0.15, 0.2) is 0 Å². The van der Waals surface area contributed by atoms with Gasteiger partial charge in [0.25, 0.3) is 5.91 Å². The SMILES string of the molecule is O=C(NCCc1nc(-c2ccccn2)cs1)c1ccc(F)cc1F. The lowest BCUT2D eigenvalue weighted by molar-refractivity contribution is 0.0950. The highest BCUT2D eigenvalue weighted by Gasteiger charge is 2.12. The number of amides is 1. The van der Waals surface area contributed by atoms with Crippen LogP contribution >= 0.6 is 11.3 Å². The molecule has 2 aromatic heterocycles. The Kier molecular flexibility index (Phi) is 4.90. The molecule has 24 heavy (non-hydrogen) atoms. The summed E-state index contributed by atoms with van der Waals surface area (Å²) in [4.78, 5) is 20.6. The van der Waals surface area contributed by atoms with E-state index in [2.05, 4.69) is 15.3 Å². The number of halogens is 2. The van der Waals surface area contributed by atoms with E-state index in [9.17, 15) is 13.6 Å². The minimum Gasteiger partial charge on any atom is -0.352 e. The zero-order valence-electron chi connectivity index (χ0n) is 12.5. The van der Waals surface area contributed by atoms with E-state index in [0.29, 0.717) is 19.0 Å². The topological polar surface area (TPSA) is 54.9 Å². The molecule has 0 saturated heterocycles. The normalized spacial score (nSPS) is 10.6. The van der Waals surface area contributed by atoms with Crippen molar-refractivity contribution in [1.29, 1.82) is 0 Å². The van der Waals surface area contributed by atoms with Crippen molar-refractivity contribution < 1.29 is 13.6 Å². The van der Waals surface area contributed by atoms with Crippen molar-refractivity contribution in [3.8, 4) is 11.4 Å². The first-order valence-electron chi connectivity index (χ1n) is 7.22. The average Bonchev–Trinajstić information content (AvgIpc) is 3.04. The first kappa shape index (κ1) is 16.2. The van der Waals surface area contributed by atoms with Crippen molar-refractivity contribution in [1.82, 2.24) is 15.3 Å². The molecule has 122 valence electrons. The third-order valence-corrected chi connectivity index (χ3v) is 4.19. The maximum absolute atomic E-state index is 13.5. The third-order valence-electron chi connectivity index (χ3n) is 3.28. The molecule has 1 aromatic carbocycles. The number of nitrogens with zero attached hydrogens (tertiary/aromatic N) is 2. The molecule has 0 spiro atoms. The average molecular weight is 345 g/mol. The lowest BCUT2D eigenvalue weighted by atomic mass is 10.2. The molecule has 0 bridgehead atoms. The van der Waals surface area contributed by atoms with Gasteiger partial charge in [-0.2, -0.15) is 0 Å². The van der Waals surface area contributed by atoms with E-state index >= 15 is 0 Å². The minimum absolute atomic E-state index is 0.176. The molecule has 0 atom stereocenters. The summed E-state index contributed by atoms with van der Waals surface area (Å²) in [5, 5.41) is 5.35. The standard InChI is InChI=1S/C17H13F2N3OS/c18-11-4-5-12(13(19)9-11)17(23)21-8-6-16-22-15(10-24-16)14-3-1-2-7-20-14/h1-5,7,9-10H,6,8H2,(H,21,23). The van der Waals surface area contributed by atoms with Gasteiger partial charge in [-0.1, -0.05) is 6.07 Å². The summed E-state index contributed by atoms with van der Waals surface area (Å²) in [7, 11) is 0. The van der Waals surface area contributed by atoms with Crippen LogP contribution in [0.2, 0.25) is 0 Å². The Balaban J connectivity index is 1.57. The zero-order valence-corrected chi connectivity index (χ0v) is 13.3. The molecule has 0 saturated carbocycles. The molecule has 0 fully saturated rings. The number of thiazole rings is 1. The Labute approximate surface area is 141 Å². The summed E-state index contributed by atoms with van der Waals surface area (Å²) >= 11 is 1.47. The predicted molar refractivity (Wildman–Crippen MR) is 87.7 cm³/mol. The fraction of sp³-hybridized carbons (Fsp3) is 0.118. The fourth-order valence-electron chi connectivity index (χ4n) is 2.11. The van der Waals surface area contributed by atoms with Gasteiger partial charge in [-0.15, -0.1) is 11.3 Å². The van der Waals surface area contributed by atoms with Crippen molar-refractivity contribution in [2.45, 2.75) is 6.42 Å². The van der Waals surface area contributed by atoms with Gasteiger partial charge in [-0.3, -0.25) is 9.78 Å². The number of hydrogen-bond donors (Lipinski definition) is 1. The van der Waals surface area contributed by atoms with Crippen LogP contribution in [0.3, 0.4) is 0 Å². The van der Waals surface area contributed by atoms with E-state index in [1.54, 1.807) is 6.20 Å². The predicted octanol–water partition coefficient (Wildman–Crippen LogP) is 3.46. The van der Waals surface area contributed by atoms with Crippen molar-refractivity contribution in [2.24, 2.45) is 0 Å². The molecule has 4 nitrogen and oxygen atoms in total. The second kappa shape index (κ2) is 7.27. The molecular formula is C17H13F2N3OS. The quantitative estimate of drug-likeness (QED) is 0.770. The van der Waals surface area contributed by atoms with Crippen LogP contribution < -0.4 is 5.32 Å². The first-order chi connectivity index (χ1) is 11.6. The van der Waals surface area contributed by atoms with Gasteiger partial charge in [0.2, 0.25) is 0 Å². The number of aromatic nitrogens is 2. The Morgan fingerprint density at radius 2 is 2.04 bits per heavy atom. The smallest absolute Gasteiger partial charge is 0.254 e. The van der Waals surface area contributed by atoms with Crippen LogP contribution in [0, 0.1) is 11.6 Å². The minimum atomic E-state index is -0.876. The van der Waals surface area contributed by atoms with Crippen LogP contribution in [0.1, 0.15) is 15.4 Å². The van der Waals surface area contributed by atoms with E-state index in [4.69, 9.17) is 0 Å². The molecule has 7 heteroatoms. The van der Waals surface area contributed by atoms with Gasteiger partial charge in [-0.25, -0.2) is 13.8 Å². The van der Waals surface area contributed by atoms with Crippen LogP contribution in [0.25, 0.3) is 11.4 Å². The van der Waals surface area contributed by atoms with Crippen molar-refractivity contribution in [3.05, 3.63) is 70.2 Å². The van der Waals surface area contributed by atoms with E-state index < -0.39 is 17.5 Å². The van der Waals surface area contributed by atoms with Crippen LogP contribution in [0.4, 0.5) is 8.78 Å². The molecule has 0 radical (unpaired) electrons. The van der Waals surface area contributed by atoms with Crippen LogP contribution in [0.15, 0.2) is 48.0 Å². The Hall–Kier alpha value is -2.67. The zero-order chi connectivity index (χ0) is 16.9. The summed E-state index contributed by atoms with van der Waals surface area (Å²) in [6.07, 6.45) is 2.22. The summed E-state index contributed by atoms with van der Waals surface area (Å²) in [5.74, 6) is -2.16. The molecule has 3 aromatic rings. The molecular weight excluding hydrogens is 332 g/mol. The Morgan fingerprint density at radius 1 is 1.17 bits per heavy atom. The van der Waals surface area contributed by atoms with E-state index in [1.807, 2.05) is 23.6 Å². The highest BCUT2D eigenvalue weighted by Crippen LogP contribution is 2.19. The number of carbonyl (C=O) groups is 1. The van der Waals surface area contributed by atoms with Gasteiger partial charge in [0.1, 0.15) is 11.6 Å². The monoisotopic (exact) mass is 345 g/mol. The number of rotatable bonds is 5. The molecule has 1 amide bonds.